The van der Waals surface area contributed by atoms with E-state index in [0.717, 1.165) is 12.1 Å². The van der Waals surface area contributed by atoms with Crippen LogP contribution in [0.15, 0.2) is 18.3 Å². The number of nitrogens with zero attached hydrogens (tertiary/aromatic N) is 2. The minimum atomic E-state index is 0.0711. The van der Waals surface area contributed by atoms with E-state index < -0.39 is 0 Å². The number of fused-ring (bicyclic) bond motifs is 1. The Morgan fingerprint density at radius 2 is 1.74 bits per heavy atom. The summed E-state index contributed by atoms with van der Waals surface area (Å²) in [6.07, 6.45) is 3.32. The van der Waals surface area contributed by atoms with Crippen molar-refractivity contribution in [2.24, 2.45) is 0 Å². The van der Waals surface area contributed by atoms with Crippen molar-refractivity contribution in [3.8, 4) is 0 Å². The SMILES string of the molecule is CCC(C)(C)c1c(C(C)(C)C)nc2ccc(C)cn12. The molecule has 0 radical (unpaired) electrons. The third kappa shape index (κ3) is 2.41. The summed E-state index contributed by atoms with van der Waals surface area (Å²) in [6.45, 7) is 15.8. The third-order valence-electron chi connectivity index (χ3n) is 4.00. The summed E-state index contributed by atoms with van der Waals surface area (Å²) in [4.78, 5) is 4.90. The van der Waals surface area contributed by atoms with Crippen molar-refractivity contribution in [3.63, 3.8) is 0 Å². The molecule has 0 N–H and O–H groups in total. The Morgan fingerprint density at radius 3 is 2.26 bits per heavy atom. The first kappa shape index (κ1) is 14.1. The van der Waals surface area contributed by atoms with Crippen LogP contribution in [0.1, 0.15) is 64.9 Å². The Labute approximate surface area is 116 Å². The highest BCUT2D eigenvalue weighted by Gasteiger charge is 2.32. The van der Waals surface area contributed by atoms with E-state index in [1.165, 1.54) is 17.0 Å². The van der Waals surface area contributed by atoms with Crippen molar-refractivity contribution < 1.29 is 0 Å². The van der Waals surface area contributed by atoms with E-state index in [9.17, 15) is 0 Å². The first-order valence-electron chi connectivity index (χ1n) is 7.16. The summed E-state index contributed by atoms with van der Waals surface area (Å²) in [7, 11) is 0. The quantitative estimate of drug-likeness (QED) is 0.767. The lowest BCUT2D eigenvalue weighted by Gasteiger charge is -2.28. The van der Waals surface area contributed by atoms with Gasteiger partial charge in [0.1, 0.15) is 5.65 Å². The first-order chi connectivity index (χ1) is 8.66. The smallest absolute Gasteiger partial charge is 0.137 e. The van der Waals surface area contributed by atoms with E-state index in [1.807, 2.05) is 0 Å². The minimum absolute atomic E-state index is 0.0711. The van der Waals surface area contributed by atoms with Crippen molar-refractivity contribution in [1.29, 1.82) is 0 Å². The lowest BCUT2D eigenvalue weighted by atomic mass is 9.79. The zero-order chi connectivity index (χ0) is 14.4. The summed E-state index contributed by atoms with van der Waals surface area (Å²) in [5.74, 6) is 0. The Balaban J connectivity index is 2.86. The van der Waals surface area contributed by atoms with Crippen LogP contribution in [0.2, 0.25) is 0 Å². The Kier molecular flexibility index (Phi) is 3.24. The van der Waals surface area contributed by atoms with Crippen LogP contribution in [-0.4, -0.2) is 9.38 Å². The van der Waals surface area contributed by atoms with Crippen LogP contribution >= 0.6 is 0 Å². The second-order valence-corrected chi connectivity index (χ2v) is 7.23. The molecule has 2 heteroatoms. The van der Waals surface area contributed by atoms with Gasteiger partial charge in [-0.3, -0.25) is 0 Å². The van der Waals surface area contributed by atoms with Crippen LogP contribution in [0.25, 0.3) is 5.65 Å². The molecule has 0 aliphatic heterocycles. The van der Waals surface area contributed by atoms with Crippen LogP contribution < -0.4 is 0 Å². The molecule has 0 aliphatic carbocycles. The van der Waals surface area contributed by atoms with Crippen LogP contribution in [0.5, 0.6) is 0 Å². The third-order valence-corrected chi connectivity index (χ3v) is 4.00. The van der Waals surface area contributed by atoms with Crippen molar-refractivity contribution in [2.75, 3.05) is 0 Å². The van der Waals surface area contributed by atoms with Gasteiger partial charge >= 0.3 is 0 Å². The maximum absolute atomic E-state index is 4.90. The maximum Gasteiger partial charge on any atom is 0.137 e. The molecule has 0 atom stereocenters. The van der Waals surface area contributed by atoms with E-state index in [0.29, 0.717) is 0 Å². The normalized spacial score (nSPS) is 13.2. The second-order valence-electron chi connectivity index (χ2n) is 7.23. The van der Waals surface area contributed by atoms with Gasteiger partial charge in [-0.05, 0) is 25.0 Å². The molecule has 0 unspecified atom stereocenters. The molecule has 2 aromatic heterocycles. The number of hydrogen-bond acceptors (Lipinski definition) is 1. The minimum Gasteiger partial charge on any atom is -0.303 e. The largest absolute Gasteiger partial charge is 0.303 e. The van der Waals surface area contributed by atoms with Gasteiger partial charge in [0.25, 0.3) is 0 Å². The van der Waals surface area contributed by atoms with Crippen molar-refractivity contribution in [1.82, 2.24) is 9.38 Å². The van der Waals surface area contributed by atoms with Crippen LogP contribution in [-0.2, 0) is 10.8 Å². The number of rotatable bonds is 2. The molecule has 0 aliphatic rings. The van der Waals surface area contributed by atoms with Crippen molar-refractivity contribution in [3.05, 3.63) is 35.3 Å². The van der Waals surface area contributed by atoms with Crippen LogP contribution in [0, 0.1) is 6.92 Å². The van der Waals surface area contributed by atoms with E-state index >= 15 is 0 Å². The predicted molar refractivity (Wildman–Crippen MR) is 81.9 cm³/mol. The van der Waals surface area contributed by atoms with Gasteiger partial charge < -0.3 is 4.40 Å². The fraction of sp³-hybridized carbons (Fsp3) is 0.588. The summed E-state index contributed by atoms with van der Waals surface area (Å²) < 4.78 is 2.29. The topological polar surface area (TPSA) is 17.3 Å². The Hall–Kier alpha value is -1.31. The number of hydrogen-bond donors (Lipinski definition) is 0. The van der Waals surface area contributed by atoms with Gasteiger partial charge in [-0.15, -0.1) is 0 Å². The van der Waals surface area contributed by atoms with E-state index in [2.05, 4.69) is 71.2 Å². The van der Waals surface area contributed by atoms with Crippen molar-refractivity contribution in [2.45, 2.75) is 65.7 Å². The monoisotopic (exact) mass is 258 g/mol. The molecule has 2 rings (SSSR count). The van der Waals surface area contributed by atoms with Gasteiger partial charge in [-0.2, -0.15) is 0 Å². The summed E-state index contributed by atoms with van der Waals surface area (Å²) in [6, 6.07) is 4.26. The molecule has 0 bridgehead atoms. The molecular weight excluding hydrogens is 232 g/mol. The van der Waals surface area contributed by atoms with E-state index in [-0.39, 0.29) is 10.8 Å². The van der Waals surface area contributed by atoms with Gasteiger partial charge in [0.15, 0.2) is 0 Å². The molecule has 0 saturated heterocycles. The molecule has 19 heavy (non-hydrogen) atoms. The molecule has 0 amide bonds. The molecule has 0 aromatic carbocycles. The Morgan fingerprint density at radius 1 is 1.11 bits per heavy atom. The number of pyridine rings is 1. The number of imidazole rings is 1. The Bertz CT molecular complexity index is 597. The standard InChI is InChI=1S/C17H26N2/c1-8-17(6,7)15-14(16(3,4)5)18-13-10-9-12(2)11-19(13)15/h9-11H,8H2,1-7H3. The molecule has 0 saturated carbocycles. The molecular formula is C17H26N2. The molecule has 2 aromatic rings. The molecule has 0 fully saturated rings. The van der Waals surface area contributed by atoms with Gasteiger partial charge in [-0.25, -0.2) is 4.98 Å². The molecule has 0 spiro atoms. The fourth-order valence-corrected chi connectivity index (χ4v) is 2.49. The van der Waals surface area contributed by atoms with Crippen LogP contribution in [0.4, 0.5) is 0 Å². The van der Waals surface area contributed by atoms with E-state index in [4.69, 9.17) is 4.98 Å². The highest BCUT2D eigenvalue weighted by Crippen LogP contribution is 2.36. The summed E-state index contributed by atoms with van der Waals surface area (Å²) >= 11 is 0. The molecule has 2 heterocycles. The molecule has 104 valence electrons. The van der Waals surface area contributed by atoms with Gasteiger partial charge in [0.05, 0.1) is 11.4 Å². The van der Waals surface area contributed by atoms with Gasteiger partial charge in [0.2, 0.25) is 0 Å². The predicted octanol–water partition coefficient (Wildman–Crippen LogP) is 4.63. The number of aryl methyl sites for hydroxylation is 1. The van der Waals surface area contributed by atoms with Gasteiger partial charge in [0, 0.05) is 17.0 Å². The van der Waals surface area contributed by atoms with Crippen molar-refractivity contribution >= 4 is 5.65 Å². The number of aromatic nitrogens is 2. The first-order valence-corrected chi connectivity index (χ1v) is 7.16. The average Bonchev–Trinajstić information content (AvgIpc) is 2.67. The lowest BCUT2D eigenvalue weighted by Crippen LogP contribution is -2.25. The zero-order valence-electron chi connectivity index (χ0n) is 13.3. The van der Waals surface area contributed by atoms with E-state index in [1.54, 1.807) is 0 Å². The second kappa shape index (κ2) is 4.36. The molecule has 2 nitrogen and oxygen atoms in total. The zero-order valence-corrected chi connectivity index (χ0v) is 13.3. The van der Waals surface area contributed by atoms with Crippen LogP contribution in [0.3, 0.4) is 0 Å². The summed E-state index contributed by atoms with van der Waals surface area (Å²) in [5.41, 5.74) is 5.13. The highest BCUT2D eigenvalue weighted by molar-refractivity contribution is 5.48. The fourth-order valence-electron chi connectivity index (χ4n) is 2.49. The van der Waals surface area contributed by atoms with Gasteiger partial charge in [-0.1, -0.05) is 47.6 Å². The highest BCUT2D eigenvalue weighted by atomic mass is 15.0. The maximum atomic E-state index is 4.90. The lowest BCUT2D eigenvalue weighted by molar-refractivity contribution is 0.459. The average molecular weight is 258 g/mol. The summed E-state index contributed by atoms with van der Waals surface area (Å²) in [5, 5.41) is 0.